The van der Waals surface area contributed by atoms with Gasteiger partial charge in [0.2, 0.25) is 5.91 Å². The molecule has 2 nitrogen and oxygen atoms in total. The topological polar surface area (TPSA) is 29.1 Å². The Balaban J connectivity index is 1.95. The van der Waals surface area contributed by atoms with E-state index in [2.05, 4.69) is 12.2 Å². The Morgan fingerprint density at radius 3 is 2.44 bits per heavy atom. The fourth-order valence-electron chi connectivity index (χ4n) is 3.09. The summed E-state index contributed by atoms with van der Waals surface area (Å²) in [4.78, 5) is 12.7. The molecule has 1 amide bonds. The first kappa shape index (κ1) is 21.0. The van der Waals surface area contributed by atoms with Crippen LogP contribution in [-0.2, 0) is 17.4 Å². The van der Waals surface area contributed by atoms with Crippen molar-refractivity contribution in [3.8, 4) is 0 Å². The molecule has 0 saturated heterocycles. The Morgan fingerprint density at radius 1 is 1.04 bits per heavy atom. The second-order valence-corrected chi connectivity index (χ2v) is 6.70. The molecule has 0 aliphatic carbocycles. The Hall–Kier alpha value is -2.30. The van der Waals surface area contributed by atoms with Crippen LogP contribution >= 0.6 is 0 Å². The van der Waals surface area contributed by atoms with Gasteiger partial charge in [0.1, 0.15) is 0 Å². The van der Waals surface area contributed by atoms with Crippen molar-refractivity contribution in [2.75, 3.05) is 6.54 Å². The summed E-state index contributed by atoms with van der Waals surface area (Å²) in [5.74, 6) is -0.288. The molecule has 1 N–H and O–H groups in total. The quantitative estimate of drug-likeness (QED) is 0.556. The average molecular weight is 377 g/mol. The number of nitrogens with one attached hydrogen (secondary N) is 1. The lowest BCUT2D eigenvalue weighted by Gasteiger charge is -2.17. The minimum absolute atomic E-state index is 0.0655. The fourth-order valence-corrected chi connectivity index (χ4v) is 3.09. The van der Waals surface area contributed by atoms with Crippen LogP contribution in [0.4, 0.5) is 13.2 Å². The van der Waals surface area contributed by atoms with Gasteiger partial charge in [-0.05, 0) is 30.0 Å². The minimum Gasteiger partial charge on any atom is -0.355 e. The second kappa shape index (κ2) is 10.1. The third-order valence-corrected chi connectivity index (χ3v) is 4.58. The van der Waals surface area contributed by atoms with Gasteiger partial charge in [0.05, 0.1) is 11.5 Å². The van der Waals surface area contributed by atoms with Gasteiger partial charge in [0.15, 0.2) is 0 Å². The lowest BCUT2D eigenvalue weighted by Crippen LogP contribution is -2.31. The third-order valence-electron chi connectivity index (χ3n) is 4.58. The summed E-state index contributed by atoms with van der Waals surface area (Å²) in [6.45, 7) is 2.43. The Morgan fingerprint density at radius 2 is 1.78 bits per heavy atom. The highest BCUT2D eigenvalue weighted by molar-refractivity contribution is 5.83. The van der Waals surface area contributed by atoms with Crippen molar-refractivity contribution in [3.05, 3.63) is 71.3 Å². The van der Waals surface area contributed by atoms with Gasteiger partial charge in [-0.3, -0.25) is 4.79 Å². The van der Waals surface area contributed by atoms with E-state index >= 15 is 0 Å². The molecule has 2 rings (SSSR count). The van der Waals surface area contributed by atoms with Gasteiger partial charge >= 0.3 is 6.18 Å². The molecule has 2 aromatic rings. The summed E-state index contributed by atoms with van der Waals surface area (Å²) in [7, 11) is 0. The predicted molar refractivity (Wildman–Crippen MR) is 101 cm³/mol. The number of halogens is 3. The molecule has 0 spiro atoms. The van der Waals surface area contributed by atoms with E-state index in [0.29, 0.717) is 18.5 Å². The monoisotopic (exact) mass is 377 g/mol. The zero-order valence-electron chi connectivity index (χ0n) is 15.6. The molecular formula is C22H26F3NO. The third kappa shape index (κ3) is 6.74. The molecule has 0 saturated carbocycles. The molecule has 0 bridgehead atoms. The van der Waals surface area contributed by atoms with Gasteiger partial charge in [0.25, 0.3) is 0 Å². The molecule has 27 heavy (non-hydrogen) atoms. The van der Waals surface area contributed by atoms with Crippen LogP contribution < -0.4 is 5.32 Å². The molecule has 0 aliphatic rings. The zero-order chi connectivity index (χ0) is 19.7. The van der Waals surface area contributed by atoms with Crippen molar-refractivity contribution in [1.29, 1.82) is 0 Å². The molecule has 2 aromatic carbocycles. The number of hydrogen-bond acceptors (Lipinski definition) is 1. The van der Waals surface area contributed by atoms with Crippen molar-refractivity contribution < 1.29 is 18.0 Å². The van der Waals surface area contributed by atoms with E-state index in [4.69, 9.17) is 0 Å². The maximum Gasteiger partial charge on any atom is 0.416 e. The lowest BCUT2D eigenvalue weighted by molar-refractivity contribution is -0.137. The predicted octanol–water partition coefficient (Wildman–Crippen LogP) is 5.73. The number of carbonyl (C=O) groups is 1. The van der Waals surface area contributed by atoms with E-state index < -0.39 is 11.7 Å². The fraction of sp³-hybridized carbons (Fsp3) is 0.409. The zero-order valence-corrected chi connectivity index (χ0v) is 15.6. The summed E-state index contributed by atoms with van der Waals surface area (Å²) in [5.41, 5.74) is 0.880. The molecule has 5 heteroatoms. The first-order chi connectivity index (χ1) is 12.9. The number of unbranched alkanes of at least 4 members (excludes halogenated alkanes) is 2. The summed E-state index contributed by atoms with van der Waals surface area (Å²) in [5, 5.41) is 2.89. The SMILES string of the molecule is CCCCCC(C(=O)NCCc1cccc(C(F)(F)F)c1)c1ccccc1. The molecule has 0 radical (unpaired) electrons. The first-order valence-corrected chi connectivity index (χ1v) is 9.40. The van der Waals surface area contributed by atoms with Gasteiger partial charge in [-0.15, -0.1) is 0 Å². The Bertz CT molecular complexity index is 713. The normalized spacial score (nSPS) is 12.6. The lowest BCUT2D eigenvalue weighted by atomic mass is 9.92. The molecule has 0 aliphatic heterocycles. The molecular weight excluding hydrogens is 351 g/mol. The maximum atomic E-state index is 12.8. The molecule has 0 heterocycles. The average Bonchev–Trinajstić information content (AvgIpc) is 2.65. The van der Waals surface area contributed by atoms with Crippen molar-refractivity contribution >= 4 is 5.91 Å². The van der Waals surface area contributed by atoms with Crippen LogP contribution in [0.2, 0.25) is 0 Å². The smallest absolute Gasteiger partial charge is 0.355 e. The number of benzene rings is 2. The number of amides is 1. The molecule has 146 valence electrons. The number of hydrogen-bond donors (Lipinski definition) is 1. The highest BCUT2D eigenvalue weighted by atomic mass is 19.4. The molecule has 1 unspecified atom stereocenters. The van der Waals surface area contributed by atoms with Gasteiger partial charge in [-0.1, -0.05) is 74.7 Å². The largest absolute Gasteiger partial charge is 0.416 e. The van der Waals surface area contributed by atoms with Crippen LogP contribution in [0, 0.1) is 0 Å². The van der Waals surface area contributed by atoms with Crippen LogP contribution in [0.1, 0.15) is 55.2 Å². The molecule has 1 atom stereocenters. The van der Waals surface area contributed by atoms with Crippen LogP contribution in [0.15, 0.2) is 54.6 Å². The van der Waals surface area contributed by atoms with Crippen LogP contribution in [0.5, 0.6) is 0 Å². The maximum absolute atomic E-state index is 12.8. The molecule has 0 fully saturated rings. The number of carbonyl (C=O) groups excluding carboxylic acids is 1. The van der Waals surface area contributed by atoms with E-state index in [1.807, 2.05) is 30.3 Å². The van der Waals surface area contributed by atoms with E-state index in [-0.39, 0.29) is 11.8 Å². The number of rotatable bonds is 9. The van der Waals surface area contributed by atoms with E-state index in [1.165, 1.54) is 6.07 Å². The van der Waals surface area contributed by atoms with Gasteiger partial charge in [0, 0.05) is 6.54 Å². The minimum atomic E-state index is -4.35. The summed E-state index contributed by atoms with van der Waals surface area (Å²) < 4.78 is 38.4. The summed E-state index contributed by atoms with van der Waals surface area (Å²) >= 11 is 0. The van der Waals surface area contributed by atoms with Crippen molar-refractivity contribution in [1.82, 2.24) is 5.32 Å². The Labute approximate surface area is 158 Å². The summed E-state index contributed by atoms with van der Waals surface area (Å²) in [6.07, 6.45) is -0.0903. The van der Waals surface area contributed by atoms with E-state index in [9.17, 15) is 18.0 Å². The van der Waals surface area contributed by atoms with E-state index in [1.54, 1.807) is 6.07 Å². The van der Waals surface area contributed by atoms with Crippen molar-refractivity contribution in [2.45, 2.75) is 51.1 Å². The van der Waals surface area contributed by atoms with Crippen LogP contribution in [-0.4, -0.2) is 12.5 Å². The van der Waals surface area contributed by atoms with Crippen molar-refractivity contribution in [2.24, 2.45) is 0 Å². The number of alkyl halides is 3. The second-order valence-electron chi connectivity index (χ2n) is 6.70. The van der Waals surface area contributed by atoms with Crippen molar-refractivity contribution in [3.63, 3.8) is 0 Å². The first-order valence-electron chi connectivity index (χ1n) is 9.40. The van der Waals surface area contributed by atoms with Gasteiger partial charge in [-0.2, -0.15) is 13.2 Å². The molecule has 0 aromatic heterocycles. The standard InChI is InChI=1S/C22H26F3NO/c1-2-3-5-13-20(18-10-6-4-7-11-18)21(27)26-15-14-17-9-8-12-19(16-17)22(23,24)25/h4,6-12,16,20H,2-3,5,13-15H2,1H3,(H,26,27). The van der Waals surface area contributed by atoms with Crippen LogP contribution in [0.3, 0.4) is 0 Å². The highest BCUT2D eigenvalue weighted by Gasteiger charge is 2.30. The van der Waals surface area contributed by atoms with Gasteiger partial charge < -0.3 is 5.32 Å². The van der Waals surface area contributed by atoms with E-state index in [0.717, 1.165) is 43.4 Å². The summed E-state index contributed by atoms with van der Waals surface area (Å²) in [6, 6.07) is 14.9. The Kier molecular flexibility index (Phi) is 7.89. The van der Waals surface area contributed by atoms with Crippen LogP contribution in [0.25, 0.3) is 0 Å². The highest BCUT2D eigenvalue weighted by Crippen LogP contribution is 2.29. The van der Waals surface area contributed by atoms with Gasteiger partial charge in [-0.25, -0.2) is 0 Å².